The van der Waals surface area contributed by atoms with Crippen LogP contribution in [0.1, 0.15) is 20.8 Å². The Morgan fingerprint density at radius 2 is 1.88 bits per heavy atom. The Morgan fingerprint density at radius 3 is 2.56 bits per heavy atom. The normalized spacial score (nSPS) is 15.6. The van der Waals surface area contributed by atoms with Crippen LogP contribution in [-0.4, -0.2) is 73.3 Å². The first-order valence-electron chi connectivity index (χ1n) is 11.2. The molecule has 3 aromatic rings. The van der Waals surface area contributed by atoms with E-state index in [1.807, 2.05) is 22.8 Å². The number of methoxy groups -OCH3 is 1. The zero-order valence-corrected chi connectivity index (χ0v) is 20.9. The summed E-state index contributed by atoms with van der Waals surface area (Å²) in [4.78, 5) is 11.1. The van der Waals surface area contributed by atoms with Crippen molar-refractivity contribution in [2.75, 3.05) is 45.7 Å². The van der Waals surface area contributed by atoms with Gasteiger partial charge in [0.2, 0.25) is 21.9 Å². The van der Waals surface area contributed by atoms with E-state index in [1.54, 1.807) is 33.0 Å². The molecule has 10 nitrogen and oxygen atoms in total. The number of nitrogen functional groups attached to an aromatic ring is 1. The monoisotopic (exact) mass is 488 g/mol. The number of nitrogens with one attached hydrogen (secondary N) is 1. The van der Waals surface area contributed by atoms with Crippen molar-refractivity contribution in [3.63, 3.8) is 0 Å². The molecule has 0 bridgehead atoms. The molecule has 0 unspecified atom stereocenters. The van der Waals surface area contributed by atoms with Crippen LogP contribution in [0, 0.1) is 0 Å². The lowest BCUT2D eigenvalue weighted by atomic mass is 10.1. The molecule has 0 spiro atoms. The van der Waals surface area contributed by atoms with E-state index < -0.39 is 15.6 Å². The average Bonchev–Trinajstić information content (AvgIpc) is 3.10. The van der Waals surface area contributed by atoms with Gasteiger partial charge in [0, 0.05) is 43.5 Å². The smallest absolute Gasteiger partial charge is 0.246 e. The van der Waals surface area contributed by atoms with Gasteiger partial charge >= 0.3 is 0 Å². The van der Waals surface area contributed by atoms with E-state index in [9.17, 15) is 8.42 Å². The number of hydrogen-bond donors (Lipinski definition) is 2. The van der Waals surface area contributed by atoms with E-state index in [-0.39, 0.29) is 10.8 Å². The Labute approximate surface area is 200 Å². The molecule has 0 saturated carbocycles. The molecule has 0 atom stereocenters. The van der Waals surface area contributed by atoms with E-state index in [0.717, 1.165) is 49.4 Å². The first kappa shape index (κ1) is 24.4. The Morgan fingerprint density at radius 1 is 1.15 bits per heavy atom. The molecule has 1 aliphatic rings. The second kappa shape index (κ2) is 9.49. The summed E-state index contributed by atoms with van der Waals surface area (Å²) in [5.41, 5.74) is 8.71. The number of anilines is 1. The fourth-order valence-electron chi connectivity index (χ4n) is 4.02. The third kappa shape index (κ3) is 5.33. The number of nitrogens with two attached hydrogens (primary N) is 1. The molecule has 1 saturated heterocycles. The number of aromatic nitrogens is 3. The maximum absolute atomic E-state index is 13.0. The van der Waals surface area contributed by atoms with E-state index in [4.69, 9.17) is 15.2 Å². The van der Waals surface area contributed by atoms with Crippen LogP contribution in [-0.2, 0) is 21.3 Å². The minimum Gasteiger partial charge on any atom is -0.480 e. The van der Waals surface area contributed by atoms with Crippen LogP contribution in [0.3, 0.4) is 0 Å². The summed E-state index contributed by atoms with van der Waals surface area (Å²) in [5, 5.41) is 0. The van der Waals surface area contributed by atoms with Crippen molar-refractivity contribution in [3.8, 4) is 17.0 Å². The fourth-order valence-corrected chi connectivity index (χ4v) is 5.58. The maximum atomic E-state index is 13.0. The zero-order chi connectivity index (χ0) is 24.5. The summed E-state index contributed by atoms with van der Waals surface area (Å²) >= 11 is 0. The molecule has 4 rings (SSSR count). The van der Waals surface area contributed by atoms with Gasteiger partial charge in [-0.15, -0.1) is 0 Å². The molecule has 2 aromatic heterocycles. The van der Waals surface area contributed by atoms with Gasteiger partial charge in [0.25, 0.3) is 0 Å². The molecule has 184 valence electrons. The highest BCUT2D eigenvalue weighted by Crippen LogP contribution is 2.31. The number of fused-ring (bicyclic) bond motifs is 1. The van der Waals surface area contributed by atoms with Gasteiger partial charge < -0.3 is 19.8 Å². The molecule has 1 aliphatic heterocycles. The number of imidazole rings is 1. The highest BCUT2D eigenvalue weighted by atomic mass is 32.2. The minimum atomic E-state index is -3.85. The molecule has 1 fully saturated rings. The highest BCUT2D eigenvalue weighted by molar-refractivity contribution is 7.89. The average molecular weight is 489 g/mol. The first-order chi connectivity index (χ1) is 16.1. The molecule has 3 N–H and O–H groups in total. The summed E-state index contributed by atoms with van der Waals surface area (Å²) < 4.78 is 41.4. The van der Waals surface area contributed by atoms with Gasteiger partial charge in [0.05, 0.1) is 31.4 Å². The van der Waals surface area contributed by atoms with Gasteiger partial charge in [-0.25, -0.2) is 23.1 Å². The Kier molecular flexibility index (Phi) is 6.81. The van der Waals surface area contributed by atoms with Crippen LogP contribution in [0.4, 0.5) is 5.95 Å². The van der Waals surface area contributed by atoms with Crippen molar-refractivity contribution < 1.29 is 17.9 Å². The number of pyridine rings is 1. The van der Waals surface area contributed by atoms with E-state index >= 15 is 0 Å². The lowest BCUT2D eigenvalue weighted by molar-refractivity contribution is 0.0366. The van der Waals surface area contributed by atoms with E-state index in [2.05, 4.69) is 19.6 Å². The topological polar surface area (TPSA) is 125 Å². The second-order valence-corrected chi connectivity index (χ2v) is 11.0. The number of ether oxygens (including phenoxy) is 2. The second-order valence-electron chi connectivity index (χ2n) is 9.37. The summed E-state index contributed by atoms with van der Waals surface area (Å²) in [6.45, 7) is 10.2. The number of hydrogen-bond acceptors (Lipinski definition) is 8. The van der Waals surface area contributed by atoms with Crippen molar-refractivity contribution in [2.24, 2.45) is 0 Å². The molecule has 1 aromatic carbocycles. The van der Waals surface area contributed by atoms with Gasteiger partial charge in [-0.3, -0.25) is 4.90 Å². The van der Waals surface area contributed by atoms with Crippen LogP contribution in [0.2, 0.25) is 0 Å². The van der Waals surface area contributed by atoms with Gasteiger partial charge in [-0.1, -0.05) is 6.07 Å². The largest absolute Gasteiger partial charge is 0.480 e. The van der Waals surface area contributed by atoms with Crippen molar-refractivity contribution >= 4 is 27.0 Å². The SMILES string of the molecule is COc1ncc(-c2ccc3nc(N)n(CCN4CCOCC4)c3c2)cc1S(=O)(=O)NC(C)(C)C. The summed E-state index contributed by atoms with van der Waals surface area (Å²) in [5.74, 6) is 0.493. The first-order valence-corrected chi connectivity index (χ1v) is 12.7. The Bertz CT molecular complexity index is 1280. The Hall–Kier alpha value is -2.73. The fraction of sp³-hybridized carbons (Fsp3) is 0.478. The molecular formula is C23H32N6O4S. The van der Waals surface area contributed by atoms with Crippen LogP contribution in [0.25, 0.3) is 22.2 Å². The number of morpholine rings is 1. The zero-order valence-electron chi connectivity index (χ0n) is 20.0. The predicted octanol–water partition coefficient (Wildman–Crippen LogP) is 2.10. The number of nitrogens with zero attached hydrogens (tertiary/aromatic N) is 4. The summed E-state index contributed by atoms with van der Waals surface area (Å²) in [6, 6.07) is 7.32. The lowest BCUT2D eigenvalue weighted by Gasteiger charge is -2.26. The molecule has 0 amide bonds. The molecule has 0 aliphatic carbocycles. The van der Waals surface area contributed by atoms with Crippen LogP contribution in [0.15, 0.2) is 35.4 Å². The van der Waals surface area contributed by atoms with Crippen LogP contribution >= 0.6 is 0 Å². The maximum Gasteiger partial charge on any atom is 0.246 e. The molecule has 34 heavy (non-hydrogen) atoms. The molecule has 0 radical (unpaired) electrons. The molecule has 3 heterocycles. The predicted molar refractivity (Wildman–Crippen MR) is 131 cm³/mol. The lowest BCUT2D eigenvalue weighted by Crippen LogP contribution is -2.40. The third-order valence-corrected chi connectivity index (χ3v) is 7.35. The number of rotatable bonds is 7. The van der Waals surface area contributed by atoms with Crippen molar-refractivity contribution in [1.29, 1.82) is 0 Å². The van der Waals surface area contributed by atoms with Crippen molar-refractivity contribution in [3.05, 3.63) is 30.5 Å². The summed E-state index contributed by atoms with van der Waals surface area (Å²) in [6.07, 6.45) is 1.61. The highest BCUT2D eigenvalue weighted by Gasteiger charge is 2.27. The van der Waals surface area contributed by atoms with Crippen molar-refractivity contribution in [1.82, 2.24) is 24.2 Å². The van der Waals surface area contributed by atoms with E-state index in [0.29, 0.717) is 18.1 Å². The number of sulfonamides is 1. The third-order valence-electron chi connectivity index (χ3n) is 5.60. The minimum absolute atomic E-state index is 0.0112. The quantitative estimate of drug-likeness (QED) is 0.518. The van der Waals surface area contributed by atoms with Crippen LogP contribution in [0.5, 0.6) is 5.88 Å². The summed E-state index contributed by atoms with van der Waals surface area (Å²) in [7, 11) is -2.45. The number of benzene rings is 1. The standard InChI is InChI=1S/C23H32N6O4S/c1-23(2,3)27-34(30,31)20-14-17(15-25-21(20)32-4)16-5-6-18-19(13-16)29(22(24)26-18)8-7-28-9-11-33-12-10-28/h5-6,13-15,27H,7-12H2,1-4H3,(H2,24,26). The van der Waals surface area contributed by atoms with E-state index in [1.165, 1.54) is 7.11 Å². The van der Waals surface area contributed by atoms with Gasteiger partial charge in [-0.2, -0.15) is 0 Å². The van der Waals surface area contributed by atoms with Gasteiger partial charge in [0.1, 0.15) is 4.90 Å². The molecular weight excluding hydrogens is 456 g/mol. The van der Waals surface area contributed by atoms with Gasteiger partial charge in [0.15, 0.2) is 0 Å². The Balaban J connectivity index is 1.69. The van der Waals surface area contributed by atoms with Gasteiger partial charge in [-0.05, 0) is 44.5 Å². The van der Waals surface area contributed by atoms with Crippen molar-refractivity contribution in [2.45, 2.75) is 37.8 Å². The molecule has 11 heteroatoms. The van der Waals surface area contributed by atoms with Crippen LogP contribution < -0.4 is 15.2 Å².